The van der Waals surface area contributed by atoms with Crippen molar-refractivity contribution in [3.05, 3.63) is 48.5 Å². The standard InChI is InChI=1S/C20H24N2O5/c1-14(2)27-18-7-5-4-6-17(18)22-19(23)12-21-20(24)13-26-16-10-8-15(25-3)9-11-16/h4-11,14H,12-13H2,1-3H3,(H,21,24)(H,22,23). The van der Waals surface area contributed by atoms with Crippen molar-refractivity contribution in [2.24, 2.45) is 0 Å². The molecule has 0 unspecified atom stereocenters. The van der Waals surface area contributed by atoms with Crippen LogP contribution in [0.5, 0.6) is 17.2 Å². The third-order valence-electron chi connectivity index (χ3n) is 3.40. The van der Waals surface area contributed by atoms with Gasteiger partial charge in [-0.2, -0.15) is 0 Å². The zero-order valence-electron chi connectivity index (χ0n) is 15.7. The first kappa shape index (κ1) is 20.1. The third-order valence-corrected chi connectivity index (χ3v) is 3.40. The molecule has 0 bridgehead atoms. The minimum absolute atomic E-state index is 0.0159. The number of carbonyl (C=O) groups is 2. The van der Waals surface area contributed by atoms with Gasteiger partial charge in [-0.25, -0.2) is 0 Å². The Labute approximate surface area is 158 Å². The van der Waals surface area contributed by atoms with Gasteiger partial charge in [-0.1, -0.05) is 12.1 Å². The van der Waals surface area contributed by atoms with Gasteiger partial charge in [0, 0.05) is 0 Å². The maximum absolute atomic E-state index is 12.1. The van der Waals surface area contributed by atoms with E-state index in [9.17, 15) is 9.59 Å². The van der Waals surface area contributed by atoms with Crippen molar-refractivity contribution in [3.63, 3.8) is 0 Å². The van der Waals surface area contributed by atoms with Gasteiger partial charge in [-0.15, -0.1) is 0 Å². The Morgan fingerprint density at radius 3 is 2.30 bits per heavy atom. The number of amides is 2. The number of rotatable bonds is 9. The van der Waals surface area contributed by atoms with Crippen molar-refractivity contribution in [1.82, 2.24) is 5.32 Å². The smallest absolute Gasteiger partial charge is 0.258 e. The summed E-state index contributed by atoms with van der Waals surface area (Å²) in [5.41, 5.74) is 0.555. The molecular weight excluding hydrogens is 348 g/mol. The quantitative estimate of drug-likeness (QED) is 0.707. The Balaban J connectivity index is 1.77. The fourth-order valence-corrected chi connectivity index (χ4v) is 2.17. The molecule has 2 aromatic rings. The van der Waals surface area contributed by atoms with Crippen molar-refractivity contribution >= 4 is 17.5 Å². The number of para-hydroxylation sites is 2. The monoisotopic (exact) mass is 372 g/mol. The fourth-order valence-electron chi connectivity index (χ4n) is 2.17. The van der Waals surface area contributed by atoms with Crippen LogP contribution < -0.4 is 24.8 Å². The number of hydrogen-bond acceptors (Lipinski definition) is 5. The van der Waals surface area contributed by atoms with E-state index in [1.165, 1.54) is 0 Å². The highest BCUT2D eigenvalue weighted by Gasteiger charge is 2.10. The molecule has 0 aromatic heterocycles. The molecule has 0 fully saturated rings. The number of benzene rings is 2. The third kappa shape index (κ3) is 6.89. The second kappa shape index (κ2) is 10.1. The Kier molecular flexibility index (Phi) is 7.49. The molecule has 0 aliphatic rings. The zero-order valence-corrected chi connectivity index (χ0v) is 15.7. The lowest BCUT2D eigenvalue weighted by molar-refractivity contribution is -0.125. The molecule has 7 nitrogen and oxygen atoms in total. The second-order valence-electron chi connectivity index (χ2n) is 5.95. The van der Waals surface area contributed by atoms with Crippen LogP contribution in [0.3, 0.4) is 0 Å². The van der Waals surface area contributed by atoms with Crippen LogP contribution in [0.15, 0.2) is 48.5 Å². The van der Waals surface area contributed by atoms with Gasteiger partial charge in [0.25, 0.3) is 5.91 Å². The number of hydrogen-bond donors (Lipinski definition) is 2. The molecule has 2 rings (SSSR count). The van der Waals surface area contributed by atoms with Gasteiger partial charge in [0.1, 0.15) is 17.2 Å². The minimum atomic E-state index is -0.396. The van der Waals surface area contributed by atoms with Gasteiger partial charge < -0.3 is 24.8 Å². The van der Waals surface area contributed by atoms with Gasteiger partial charge in [0.05, 0.1) is 25.4 Å². The van der Waals surface area contributed by atoms with Gasteiger partial charge in [-0.05, 0) is 50.2 Å². The largest absolute Gasteiger partial charge is 0.497 e. The maximum atomic E-state index is 12.1. The van der Waals surface area contributed by atoms with Gasteiger partial charge in [0.2, 0.25) is 5.91 Å². The summed E-state index contributed by atoms with van der Waals surface area (Å²) in [5.74, 6) is 1.07. The molecule has 0 atom stereocenters. The van der Waals surface area contributed by atoms with Crippen LogP contribution in [-0.2, 0) is 9.59 Å². The van der Waals surface area contributed by atoms with E-state index in [0.717, 1.165) is 0 Å². The summed E-state index contributed by atoms with van der Waals surface area (Å²) >= 11 is 0. The highest BCUT2D eigenvalue weighted by atomic mass is 16.5. The van der Waals surface area contributed by atoms with Crippen molar-refractivity contribution in [3.8, 4) is 17.2 Å². The highest BCUT2D eigenvalue weighted by Crippen LogP contribution is 2.24. The predicted octanol–water partition coefficient (Wildman–Crippen LogP) is 2.62. The van der Waals surface area contributed by atoms with Crippen LogP contribution in [0.1, 0.15) is 13.8 Å². The Morgan fingerprint density at radius 2 is 1.63 bits per heavy atom. The van der Waals surface area contributed by atoms with Crippen molar-refractivity contribution in [1.29, 1.82) is 0 Å². The second-order valence-corrected chi connectivity index (χ2v) is 5.95. The molecule has 0 spiro atoms. The molecule has 2 aromatic carbocycles. The summed E-state index contributed by atoms with van der Waals surface area (Å²) in [7, 11) is 1.57. The first-order valence-corrected chi connectivity index (χ1v) is 8.57. The van der Waals surface area contributed by atoms with E-state index in [-0.39, 0.29) is 25.2 Å². The lowest BCUT2D eigenvalue weighted by Gasteiger charge is -2.15. The van der Waals surface area contributed by atoms with Crippen LogP contribution in [-0.4, -0.2) is 38.2 Å². The normalized spacial score (nSPS) is 10.2. The van der Waals surface area contributed by atoms with E-state index in [4.69, 9.17) is 14.2 Å². The number of ether oxygens (including phenoxy) is 3. The maximum Gasteiger partial charge on any atom is 0.258 e. The first-order chi connectivity index (χ1) is 13.0. The Bertz CT molecular complexity index is 759. The Morgan fingerprint density at radius 1 is 0.963 bits per heavy atom. The molecule has 2 amide bonds. The lowest BCUT2D eigenvalue weighted by atomic mass is 10.3. The molecule has 0 saturated heterocycles. The molecule has 0 aliphatic heterocycles. The van der Waals surface area contributed by atoms with Crippen LogP contribution >= 0.6 is 0 Å². The summed E-state index contributed by atoms with van der Waals surface area (Å²) in [4.78, 5) is 23.9. The first-order valence-electron chi connectivity index (χ1n) is 8.57. The van der Waals surface area contributed by atoms with Crippen LogP contribution in [0.4, 0.5) is 5.69 Å². The predicted molar refractivity (Wildman–Crippen MR) is 102 cm³/mol. The number of nitrogens with one attached hydrogen (secondary N) is 2. The summed E-state index contributed by atoms with van der Waals surface area (Å²) in [6.07, 6.45) is -0.0159. The van der Waals surface area contributed by atoms with E-state index < -0.39 is 5.91 Å². The van der Waals surface area contributed by atoms with Crippen molar-refractivity contribution < 1.29 is 23.8 Å². The summed E-state index contributed by atoms with van der Waals surface area (Å²) in [6, 6.07) is 14.0. The molecule has 0 saturated carbocycles. The summed E-state index contributed by atoms with van der Waals surface area (Å²) < 4.78 is 16.1. The van der Waals surface area contributed by atoms with E-state index in [2.05, 4.69) is 10.6 Å². The molecule has 27 heavy (non-hydrogen) atoms. The van der Waals surface area contributed by atoms with E-state index in [1.807, 2.05) is 19.9 Å². The van der Waals surface area contributed by atoms with Gasteiger partial charge in [-0.3, -0.25) is 9.59 Å². The van der Waals surface area contributed by atoms with Gasteiger partial charge >= 0.3 is 0 Å². The van der Waals surface area contributed by atoms with Crippen LogP contribution in [0.25, 0.3) is 0 Å². The van der Waals surface area contributed by atoms with Crippen LogP contribution in [0, 0.1) is 0 Å². The molecule has 0 heterocycles. The van der Waals surface area contributed by atoms with Crippen molar-refractivity contribution in [2.75, 3.05) is 25.6 Å². The molecular formula is C20H24N2O5. The highest BCUT2D eigenvalue weighted by molar-refractivity contribution is 5.95. The number of carbonyl (C=O) groups excluding carboxylic acids is 2. The average Bonchev–Trinajstić information content (AvgIpc) is 2.66. The average molecular weight is 372 g/mol. The molecule has 0 aliphatic carbocycles. The Hall–Kier alpha value is -3.22. The fraction of sp³-hybridized carbons (Fsp3) is 0.300. The van der Waals surface area contributed by atoms with Crippen LogP contribution in [0.2, 0.25) is 0 Å². The molecule has 0 radical (unpaired) electrons. The van der Waals surface area contributed by atoms with E-state index in [0.29, 0.717) is 22.9 Å². The number of anilines is 1. The molecule has 7 heteroatoms. The van der Waals surface area contributed by atoms with Crippen molar-refractivity contribution in [2.45, 2.75) is 20.0 Å². The minimum Gasteiger partial charge on any atom is -0.497 e. The SMILES string of the molecule is COc1ccc(OCC(=O)NCC(=O)Nc2ccccc2OC(C)C)cc1. The summed E-state index contributed by atoms with van der Waals surface area (Å²) in [5, 5.41) is 5.24. The van der Waals surface area contributed by atoms with Gasteiger partial charge in [0.15, 0.2) is 6.61 Å². The summed E-state index contributed by atoms with van der Waals surface area (Å²) in [6.45, 7) is 3.46. The molecule has 2 N–H and O–H groups in total. The zero-order chi connectivity index (χ0) is 19.6. The number of methoxy groups -OCH3 is 1. The lowest BCUT2D eigenvalue weighted by Crippen LogP contribution is -2.35. The van der Waals surface area contributed by atoms with E-state index >= 15 is 0 Å². The topological polar surface area (TPSA) is 85.9 Å². The van der Waals surface area contributed by atoms with E-state index in [1.54, 1.807) is 49.6 Å². The molecule has 144 valence electrons.